The second kappa shape index (κ2) is 17.1. The van der Waals surface area contributed by atoms with E-state index < -0.39 is 12.0 Å². The number of aromatic nitrogens is 2. The molecule has 2 heterocycles. The molecule has 1 atom stereocenters. The standard InChI is InChI=1S/C30H27ClN6O3S2.2ClH/c1-17(2)26(34)30(38)40-12-11-39-22-9-5-18(6-10-22)25-23(13-32)27(35)37-29(24(25)14-33)42-16-21-15-41-28(36-21)19-3-7-20(31)8-4-19;;/h3-10,15,17,26H,11-12,16,34H2,1-2H3,(H2,35,37);2*1H/t26-;;/m0../s1. The van der Waals surface area contributed by atoms with Crippen molar-refractivity contribution in [3.8, 4) is 39.6 Å². The van der Waals surface area contributed by atoms with Crippen LogP contribution in [-0.2, 0) is 15.3 Å². The van der Waals surface area contributed by atoms with Crippen LogP contribution in [0.5, 0.6) is 5.75 Å². The molecule has 2 aromatic carbocycles. The molecule has 0 saturated carbocycles. The third-order valence-corrected chi connectivity index (χ3v) is 8.35. The zero-order valence-electron chi connectivity index (χ0n) is 23.7. The van der Waals surface area contributed by atoms with E-state index in [1.165, 1.54) is 23.1 Å². The lowest BCUT2D eigenvalue weighted by molar-refractivity contribution is -0.147. The Morgan fingerprint density at radius 1 is 1.00 bits per heavy atom. The molecule has 4 rings (SSSR count). The highest BCUT2D eigenvalue weighted by Crippen LogP contribution is 2.37. The van der Waals surface area contributed by atoms with Crippen molar-refractivity contribution in [2.24, 2.45) is 11.7 Å². The number of halogens is 3. The molecule has 44 heavy (non-hydrogen) atoms. The van der Waals surface area contributed by atoms with E-state index >= 15 is 0 Å². The lowest BCUT2D eigenvalue weighted by Crippen LogP contribution is -2.37. The quantitative estimate of drug-likeness (QED) is 0.0962. The second-order valence-corrected chi connectivity index (χ2v) is 11.7. The van der Waals surface area contributed by atoms with E-state index in [0.717, 1.165) is 16.3 Å². The maximum atomic E-state index is 11.9. The summed E-state index contributed by atoms with van der Waals surface area (Å²) in [6, 6.07) is 18.0. The molecular formula is C30H29Cl3N6O3S2. The Hall–Kier alpha value is -3.55. The largest absolute Gasteiger partial charge is 0.490 e. The van der Waals surface area contributed by atoms with Gasteiger partial charge < -0.3 is 20.9 Å². The zero-order chi connectivity index (χ0) is 30.2. The molecular weight excluding hydrogens is 663 g/mol. The van der Waals surface area contributed by atoms with Gasteiger partial charge in [-0.3, -0.25) is 4.79 Å². The van der Waals surface area contributed by atoms with Gasteiger partial charge in [0.25, 0.3) is 0 Å². The normalized spacial score (nSPS) is 11.0. The summed E-state index contributed by atoms with van der Waals surface area (Å²) in [5, 5.41) is 23.8. The number of pyridine rings is 1. The average molecular weight is 692 g/mol. The van der Waals surface area contributed by atoms with Gasteiger partial charge in [0.1, 0.15) is 58.6 Å². The number of rotatable bonds is 11. The van der Waals surface area contributed by atoms with Crippen LogP contribution in [0.25, 0.3) is 21.7 Å². The minimum atomic E-state index is -0.683. The Morgan fingerprint density at radius 2 is 1.64 bits per heavy atom. The summed E-state index contributed by atoms with van der Waals surface area (Å²) in [5.41, 5.74) is 15.1. The fourth-order valence-corrected chi connectivity index (χ4v) is 5.76. The van der Waals surface area contributed by atoms with Crippen molar-refractivity contribution in [3.63, 3.8) is 0 Å². The van der Waals surface area contributed by atoms with Crippen LogP contribution in [0, 0.1) is 28.6 Å². The third kappa shape index (κ3) is 8.99. The van der Waals surface area contributed by atoms with Crippen molar-refractivity contribution >= 4 is 71.3 Å². The number of ether oxygens (including phenoxy) is 2. The molecule has 4 N–H and O–H groups in total. The molecule has 0 aliphatic carbocycles. The predicted octanol–water partition coefficient (Wildman–Crippen LogP) is 6.89. The topological polar surface area (TPSA) is 161 Å². The Bertz CT molecular complexity index is 1650. The molecule has 0 spiro atoms. The van der Waals surface area contributed by atoms with Gasteiger partial charge >= 0.3 is 5.97 Å². The van der Waals surface area contributed by atoms with Crippen molar-refractivity contribution in [1.29, 1.82) is 10.5 Å². The number of anilines is 1. The number of nitrogens with zero attached hydrogens (tertiary/aromatic N) is 4. The fourth-order valence-electron chi connectivity index (χ4n) is 3.82. The van der Waals surface area contributed by atoms with Crippen LogP contribution in [-0.4, -0.2) is 35.2 Å². The molecule has 0 radical (unpaired) electrons. The Balaban J connectivity index is 0.00000337. The Kier molecular flexibility index (Phi) is 14.2. The molecule has 230 valence electrons. The van der Waals surface area contributed by atoms with Gasteiger partial charge in [-0.15, -0.1) is 36.2 Å². The number of thioether (sulfide) groups is 1. The number of carbonyl (C=O) groups excluding carboxylic acids is 1. The van der Waals surface area contributed by atoms with Crippen molar-refractivity contribution in [1.82, 2.24) is 9.97 Å². The summed E-state index contributed by atoms with van der Waals surface area (Å²) in [6.45, 7) is 3.89. The maximum Gasteiger partial charge on any atom is 0.323 e. The number of benzene rings is 2. The van der Waals surface area contributed by atoms with Crippen molar-refractivity contribution in [2.45, 2.75) is 30.7 Å². The Morgan fingerprint density at radius 3 is 2.25 bits per heavy atom. The number of nitriles is 2. The number of esters is 1. The molecule has 9 nitrogen and oxygen atoms in total. The molecule has 2 aromatic heterocycles. The van der Waals surface area contributed by atoms with Gasteiger partial charge in [0, 0.05) is 27.3 Å². The summed E-state index contributed by atoms with van der Waals surface area (Å²) in [6.07, 6.45) is 0. The summed E-state index contributed by atoms with van der Waals surface area (Å²) in [5.74, 6) is 0.518. The van der Waals surface area contributed by atoms with E-state index in [-0.39, 0.29) is 60.9 Å². The second-order valence-electron chi connectivity index (χ2n) is 9.40. The van der Waals surface area contributed by atoms with Gasteiger partial charge in [-0.1, -0.05) is 61.5 Å². The van der Waals surface area contributed by atoms with E-state index in [9.17, 15) is 15.3 Å². The molecule has 14 heteroatoms. The number of thiazole rings is 1. The monoisotopic (exact) mass is 690 g/mol. The van der Waals surface area contributed by atoms with E-state index in [2.05, 4.69) is 17.1 Å². The first kappa shape index (κ1) is 36.6. The Labute approximate surface area is 281 Å². The minimum absolute atomic E-state index is 0. The van der Waals surface area contributed by atoms with Gasteiger partial charge in [-0.2, -0.15) is 10.5 Å². The third-order valence-electron chi connectivity index (χ3n) is 6.15. The predicted molar refractivity (Wildman–Crippen MR) is 179 cm³/mol. The first-order valence-electron chi connectivity index (χ1n) is 12.8. The zero-order valence-corrected chi connectivity index (χ0v) is 27.7. The number of hydrogen-bond acceptors (Lipinski definition) is 11. The average Bonchev–Trinajstić information content (AvgIpc) is 3.47. The highest BCUT2D eigenvalue weighted by molar-refractivity contribution is 7.98. The molecule has 0 amide bonds. The SMILES string of the molecule is CC(C)[C@H](N)C(=O)OCCOc1ccc(-c2c(C#N)c(N)nc(SCc3csc(-c4ccc(Cl)cc4)n3)c2C#N)cc1.Cl.Cl. The molecule has 0 aliphatic heterocycles. The van der Waals surface area contributed by atoms with Gasteiger partial charge in [0.15, 0.2) is 0 Å². The van der Waals surface area contributed by atoms with Crippen LogP contribution in [0.3, 0.4) is 0 Å². The van der Waals surface area contributed by atoms with Crippen LogP contribution in [0.2, 0.25) is 5.02 Å². The van der Waals surface area contributed by atoms with Gasteiger partial charge in [-0.05, 0) is 35.7 Å². The van der Waals surface area contributed by atoms with Crippen LogP contribution in [0.4, 0.5) is 5.82 Å². The van der Waals surface area contributed by atoms with Crippen molar-refractivity contribution < 1.29 is 14.3 Å². The van der Waals surface area contributed by atoms with Crippen LogP contribution in [0.15, 0.2) is 58.9 Å². The molecule has 0 saturated heterocycles. The highest BCUT2D eigenvalue weighted by atomic mass is 35.5. The van der Waals surface area contributed by atoms with Crippen molar-refractivity contribution in [2.75, 3.05) is 18.9 Å². The number of nitrogen functional groups attached to an aromatic ring is 1. The minimum Gasteiger partial charge on any atom is -0.490 e. The van der Waals surface area contributed by atoms with E-state index in [1.54, 1.807) is 24.3 Å². The van der Waals surface area contributed by atoms with Gasteiger partial charge in [-0.25, -0.2) is 9.97 Å². The lowest BCUT2D eigenvalue weighted by Gasteiger charge is -2.15. The van der Waals surface area contributed by atoms with Gasteiger partial charge in [0.2, 0.25) is 0 Å². The van der Waals surface area contributed by atoms with E-state index in [1.807, 2.05) is 43.5 Å². The van der Waals surface area contributed by atoms with Crippen LogP contribution >= 0.6 is 59.5 Å². The smallest absolute Gasteiger partial charge is 0.323 e. The first-order valence-corrected chi connectivity index (χ1v) is 15.1. The van der Waals surface area contributed by atoms with Crippen molar-refractivity contribution in [3.05, 3.63) is 75.8 Å². The molecule has 0 unspecified atom stereocenters. The first-order chi connectivity index (χ1) is 20.2. The molecule has 0 bridgehead atoms. The lowest BCUT2D eigenvalue weighted by atomic mass is 9.97. The molecule has 4 aromatic rings. The van der Waals surface area contributed by atoms with E-state index in [4.69, 9.17) is 37.5 Å². The summed E-state index contributed by atoms with van der Waals surface area (Å²) < 4.78 is 10.8. The van der Waals surface area contributed by atoms with Crippen LogP contribution < -0.4 is 16.2 Å². The highest BCUT2D eigenvalue weighted by Gasteiger charge is 2.21. The van der Waals surface area contributed by atoms with Gasteiger partial charge in [0.05, 0.1) is 11.3 Å². The summed E-state index contributed by atoms with van der Waals surface area (Å²) in [7, 11) is 0. The van der Waals surface area contributed by atoms with E-state index in [0.29, 0.717) is 32.7 Å². The maximum absolute atomic E-state index is 11.9. The number of carbonyl (C=O) groups is 1. The fraction of sp³-hybridized carbons (Fsp3) is 0.233. The molecule has 0 fully saturated rings. The summed E-state index contributed by atoms with van der Waals surface area (Å²) >= 11 is 8.83. The number of nitrogens with two attached hydrogens (primary N) is 2. The molecule has 0 aliphatic rings. The summed E-state index contributed by atoms with van der Waals surface area (Å²) in [4.78, 5) is 21.0. The number of hydrogen-bond donors (Lipinski definition) is 2. The van der Waals surface area contributed by atoms with Crippen LogP contribution in [0.1, 0.15) is 30.7 Å².